The van der Waals surface area contributed by atoms with Crippen LogP contribution in [0.4, 0.5) is 0 Å². The molecule has 1 N–H and O–H groups in total. The highest BCUT2D eigenvalue weighted by atomic mass is 79.9. The zero-order chi connectivity index (χ0) is 11.3. The van der Waals surface area contributed by atoms with Crippen LogP contribution in [0.2, 0.25) is 0 Å². The van der Waals surface area contributed by atoms with Crippen LogP contribution in [0.15, 0.2) is 15.9 Å². The number of nitrogens with one attached hydrogen (secondary N) is 1. The Morgan fingerprint density at radius 1 is 1.40 bits per heavy atom. The maximum absolute atomic E-state index is 3.62. The van der Waals surface area contributed by atoms with Gasteiger partial charge in [-0.15, -0.1) is 11.3 Å². The van der Waals surface area contributed by atoms with Crippen LogP contribution in [0.25, 0.3) is 0 Å². The first-order valence-electron chi connectivity index (χ1n) is 5.61. The van der Waals surface area contributed by atoms with Crippen molar-refractivity contribution in [2.75, 3.05) is 6.54 Å². The van der Waals surface area contributed by atoms with Gasteiger partial charge in [-0.2, -0.15) is 0 Å². The topological polar surface area (TPSA) is 12.0 Å². The Morgan fingerprint density at radius 3 is 2.60 bits per heavy atom. The minimum absolute atomic E-state index is 0.661. The molecule has 0 amide bonds. The van der Waals surface area contributed by atoms with Gasteiger partial charge in [0, 0.05) is 17.5 Å². The lowest BCUT2D eigenvalue weighted by Gasteiger charge is -2.20. The molecule has 0 aromatic carbocycles. The van der Waals surface area contributed by atoms with Crippen molar-refractivity contribution in [1.29, 1.82) is 0 Å². The van der Waals surface area contributed by atoms with Gasteiger partial charge in [-0.25, -0.2) is 0 Å². The van der Waals surface area contributed by atoms with E-state index in [1.54, 1.807) is 0 Å². The van der Waals surface area contributed by atoms with Crippen molar-refractivity contribution >= 4 is 27.3 Å². The molecule has 0 aliphatic carbocycles. The van der Waals surface area contributed by atoms with E-state index in [-0.39, 0.29) is 0 Å². The van der Waals surface area contributed by atoms with E-state index in [4.69, 9.17) is 0 Å². The summed E-state index contributed by atoms with van der Waals surface area (Å²) < 4.78 is 1.23. The van der Waals surface area contributed by atoms with Crippen LogP contribution in [-0.4, -0.2) is 12.6 Å². The predicted molar refractivity (Wildman–Crippen MR) is 72.6 cm³/mol. The molecule has 86 valence electrons. The van der Waals surface area contributed by atoms with Crippen molar-refractivity contribution in [2.24, 2.45) is 5.92 Å². The molecule has 0 radical (unpaired) electrons. The molecule has 0 aliphatic rings. The Hall–Kier alpha value is 0.140. The molecular weight excluding hydrogens is 270 g/mol. The molecule has 1 aromatic heterocycles. The van der Waals surface area contributed by atoms with Crippen molar-refractivity contribution in [1.82, 2.24) is 5.32 Å². The van der Waals surface area contributed by atoms with Gasteiger partial charge in [-0.1, -0.05) is 20.8 Å². The zero-order valence-electron chi connectivity index (χ0n) is 9.72. The van der Waals surface area contributed by atoms with E-state index >= 15 is 0 Å². The number of rotatable bonds is 6. The van der Waals surface area contributed by atoms with Crippen LogP contribution in [-0.2, 0) is 6.42 Å². The molecule has 1 aromatic rings. The van der Waals surface area contributed by atoms with Gasteiger partial charge in [-0.3, -0.25) is 0 Å². The van der Waals surface area contributed by atoms with E-state index in [1.165, 1.54) is 15.1 Å². The van der Waals surface area contributed by atoms with Crippen molar-refractivity contribution in [3.05, 3.63) is 20.8 Å². The summed E-state index contributed by atoms with van der Waals surface area (Å²) in [5.41, 5.74) is 0. The highest BCUT2D eigenvalue weighted by molar-refractivity contribution is 9.11. The second-order valence-electron chi connectivity index (χ2n) is 4.17. The summed E-state index contributed by atoms with van der Waals surface area (Å²) in [5, 5.41) is 3.62. The Kier molecular flexibility index (Phi) is 5.87. The lowest BCUT2D eigenvalue weighted by atomic mass is 10.0. The molecule has 0 saturated carbocycles. The van der Waals surface area contributed by atoms with Crippen molar-refractivity contribution in [2.45, 2.75) is 39.7 Å². The third kappa shape index (κ3) is 4.66. The van der Waals surface area contributed by atoms with E-state index in [0.29, 0.717) is 6.04 Å². The zero-order valence-corrected chi connectivity index (χ0v) is 12.1. The quantitative estimate of drug-likeness (QED) is 0.832. The summed E-state index contributed by atoms with van der Waals surface area (Å²) in [7, 11) is 0. The summed E-state index contributed by atoms with van der Waals surface area (Å²) in [4.78, 5) is 1.45. The summed E-state index contributed by atoms with van der Waals surface area (Å²) >= 11 is 5.32. The Balaban J connectivity index is 2.26. The van der Waals surface area contributed by atoms with Gasteiger partial charge in [0.2, 0.25) is 0 Å². The first-order valence-corrected chi connectivity index (χ1v) is 7.22. The molecule has 0 fully saturated rings. The van der Waals surface area contributed by atoms with Crippen molar-refractivity contribution in [3.8, 4) is 0 Å². The second-order valence-corrected chi connectivity index (χ2v) is 6.72. The Labute approximate surface area is 105 Å². The van der Waals surface area contributed by atoms with E-state index in [2.05, 4.69) is 54.2 Å². The molecule has 1 atom stereocenters. The number of hydrogen-bond donors (Lipinski definition) is 1. The molecular formula is C12H20BrNS. The third-order valence-electron chi connectivity index (χ3n) is 2.65. The Morgan fingerprint density at radius 2 is 2.13 bits per heavy atom. The second kappa shape index (κ2) is 6.66. The lowest BCUT2D eigenvalue weighted by Crippen LogP contribution is -2.34. The summed E-state index contributed by atoms with van der Waals surface area (Å²) in [5.74, 6) is 0.727. The lowest BCUT2D eigenvalue weighted by molar-refractivity contribution is 0.392. The van der Waals surface area contributed by atoms with Gasteiger partial charge in [0.1, 0.15) is 0 Å². The monoisotopic (exact) mass is 289 g/mol. The minimum Gasteiger partial charge on any atom is -0.313 e. The number of halogens is 1. The van der Waals surface area contributed by atoms with Crippen molar-refractivity contribution in [3.63, 3.8) is 0 Å². The Bertz CT molecular complexity index is 283. The SMILES string of the molecule is CCC(NCCc1ccc(Br)s1)C(C)C. The van der Waals surface area contributed by atoms with Gasteiger partial charge in [0.25, 0.3) is 0 Å². The molecule has 3 heteroatoms. The molecule has 0 aliphatic heterocycles. The summed E-state index contributed by atoms with van der Waals surface area (Å²) in [6.07, 6.45) is 2.35. The maximum Gasteiger partial charge on any atom is 0.0701 e. The molecule has 0 saturated heterocycles. The summed E-state index contributed by atoms with van der Waals surface area (Å²) in [6.45, 7) is 7.90. The van der Waals surface area contributed by atoms with E-state index in [9.17, 15) is 0 Å². The van der Waals surface area contributed by atoms with Crippen LogP contribution < -0.4 is 5.32 Å². The highest BCUT2D eigenvalue weighted by Gasteiger charge is 2.09. The van der Waals surface area contributed by atoms with Gasteiger partial charge in [0.15, 0.2) is 0 Å². The third-order valence-corrected chi connectivity index (χ3v) is 4.33. The first kappa shape index (κ1) is 13.2. The maximum atomic E-state index is 3.62. The summed E-state index contributed by atoms with van der Waals surface area (Å²) in [6, 6.07) is 4.99. The van der Waals surface area contributed by atoms with Gasteiger partial charge in [0.05, 0.1) is 3.79 Å². The molecule has 1 heterocycles. The average molecular weight is 290 g/mol. The normalized spacial score (nSPS) is 13.4. The number of hydrogen-bond acceptors (Lipinski definition) is 2. The fraction of sp³-hybridized carbons (Fsp3) is 0.667. The standard InChI is InChI=1S/C12H20BrNS/c1-4-11(9(2)3)14-8-7-10-5-6-12(13)15-10/h5-6,9,11,14H,4,7-8H2,1-3H3. The van der Waals surface area contributed by atoms with Crippen LogP contribution in [0.1, 0.15) is 32.1 Å². The van der Waals surface area contributed by atoms with Gasteiger partial charge < -0.3 is 5.32 Å². The van der Waals surface area contributed by atoms with Gasteiger partial charge in [-0.05, 0) is 46.8 Å². The molecule has 1 unspecified atom stereocenters. The molecule has 1 rings (SSSR count). The highest BCUT2D eigenvalue weighted by Crippen LogP contribution is 2.22. The smallest absolute Gasteiger partial charge is 0.0701 e. The largest absolute Gasteiger partial charge is 0.313 e. The van der Waals surface area contributed by atoms with Crippen LogP contribution in [0, 0.1) is 5.92 Å². The van der Waals surface area contributed by atoms with Crippen LogP contribution >= 0.6 is 27.3 Å². The molecule has 1 nitrogen and oxygen atoms in total. The fourth-order valence-electron chi connectivity index (χ4n) is 1.72. The minimum atomic E-state index is 0.661. The molecule has 0 spiro atoms. The van der Waals surface area contributed by atoms with E-state index < -0.39 is 0 Å². The first-order chi connectivity index (χ1) is 7.13. The van der Waals surface area contributed by atoms with E-state index in [0.717, 1.165) is 18.9 Å². The molecule has 0 bridgehead atoms. The van der Waals surface area contributed by atoms with Crippen LogP contribution in [0.5, 0.6) is 0 Å². The molecule has 15 heavy (non-hydrogen) atoms. The fourth-order valence-corrected chi connectivity index (χ4v) is 3.20. The predicted octanol–water partition coefficient (Wildman–Crippen LogP) is 4.08. The van der Waals surface area contributed by atoms with Crippen molar-refractivity contribution < 1.29 is 0 Å². The average Bonchev–Trinajstić information content (AvgIpc) is 2.58. The van der Waals surface area contributed by atoms with E-state index in [1.807, 2.05) is 11.3 Å². The van der Waals surface area contributed by atoms with Gasteiger partial charge >= 0.3 is 0 Å². The van der Waals surface area contributed by atoms with Crippen LogP contribution in [0.3, 0.4) is 0 Å². The number of thiophene rings is 1.